The third-order valence-electron chi connectivity index (χ3n) is 2.00. The maximum Gasteiger partial charge on any atom is 0.320 e. The molecular weight excluding hydrogens is 262 g/mol. The van der Waals surface area contributed by atoms with Crippen molar-refractivity contribution in [3.05, 3.63) is 9.47 Å². The Morgan fingerprint density at radius 2 is 2.24 bits per heavy atom. The van der Waals surface area contributed by atoms with E-state index in [1.165, 1.54) is 11.3 Å². The highest BCUT2D eigenvalue weighted by atomic mass is 35.5. The third kappa shape index (κ3) is 5.43. The lowest BCUT2D eigenvalue weighted by Gasteiger charge is -2.18. The van der Waals surface area contributed by atoms with Gasteiger partial charge in [-0.1, -0.05) is 18.3 Å². The first-order valence-electron chi connectivity index (χ1n) is 5.51. The van der Waals surface area contributed by atoms with E-state index in [4.69, 9.17) is 16.3 Å². The second-order valence-electron chi connectivity index (χ2n) is 3.46. The van der Waals surface area contributed by atoms with Crippen LogP contribution in [-0.4, -0.2) is 40.8 Å². The molecule has 0 saturated carbocycles. The fourth-order valence-corrected chi connectivity index (χ4v) is 2.32. The van der Waals surface area contributed by atoms with Crippen LogP contribution in [0.2, 0.25) is 4.47 Å². The van der Waals surface area contributed by atoms with E-state index in [1.54, 1.807) is 6.92 Å². The summed E-state index contributed by atoms with van der Waals surface area (Å²) in [5.41, 5.74) is 0. The molecule has 17 heavy (non-hydrogen) atoms. The largest absolute Gasteiger partial charge is 0.465 e. The number of carbonyl (C=O) groups is 1. The first-order chi connectivity index (χ1) is 8.15. The summed E-state index contributed by atoms with van der Waals surface area (Å²) in [6.45, 7) is 5.94. The van der Waals surface area contributed by atoms with Gasteiger partial charge in [-0.05, 0) is 31.5 Å². The molecule has 0 aliphatic rings. The van der Waals surface area contributed by atoms with Gasteiger partial charge in [0.05, 0.1) is 19.7 Å². The molecule has 1 aromatic rings. The highest BCUT2D eigenvalue weighted by Gasteiger charge is 2.13. The van der Waals surface area contributed by atoms with Gasteiger partial charge in [0.15, 0.2) is 0 Å². The lowest BCUT2D eigenvalue weighted by molar-refractivity contribution is -0.144. The van der Waals surface area contributed by atoms with Gasteiger partial charge in [0, 0.05) is 0 Å². The average molecular weight is 278 g/mol. The van der Waals surface area contributed by atoms with E-state index in [-0.39, 0.29) is 12.5 Å². The lowest BCUT2D eigenvalue weighted by atomic mass is 10.4. The minimum absolute atomic E-state index is 0.212. The molecule has 0 aliphatic heterocycles. The van der Waals surface area contributed by atoms with Crippen LogP contribution >= 0.6 is 22.9 Å². The monoisotopic (exact) mass is 277 g/mol. The van der Waals surface area contributed by atoms with Crippen LogP contribution < -0.4 is 0 Å². The minimum atomic E-state index is -0.212. The molecule has 96 valence electrons. The summed E-state index contributed by atoms with van der Waals surface area (Å²) >= 11 is 7.04. The molecule has 0 atom stereocenters. The summed E-state index contributed by atoms with van der Waals surface area (Å²) in [5, 5.41) is 8.48. The number of ether oxygens (including phenoxy) is 1. The Hall–Kier alpha value is -0.720. The maximum atomic E-state index is 11.4. The van der Waals surface area contributed by atoms with Crippen molar-refractivity contribution >= 4 is 28.9 Å². The molecule has 1 heterocycles. The number of carbonyl (C=O) groups excluding carboxylic acids is 1. The molecule has 0 bridgehead atoms. The molecule has 0 saturated heterocycles. The highest BCUT2D eigenvalue weighted by molar-refractivity contribution is 7.15. The van der Waals surface area contributed by atoms with Gasteiger partial charge in [0.1, 0.15) is 5.01 Å². The van der Waals surface area contributed by atoms with Crippen LogP contribution in [0.3, 0.4) is 0 Å². The highest BCUT2D eigenvalue weighted by Crippen LogP contribution is 2.16. The van der Waals surface area contributed by atoms with E-state index in [2.05, 4.69) is 17.1 Å². The first-order valence-corrected chi connectivity index (χ1v) is 6.71. The molecular formula is C10H16ClN3O2S. The van der Waals surface area contributed by atoms with Gasteiger partial charge < -0.3 is 4.74 Å². The summed E-state index contributed by atoms with van der Waals surface area (Å²) in [5.74, 6) is -0.212. The van der Waals surface area contributed by atoms with E-state index >= 15 is 0 Å². The zero-order valence-corrected chi connectivity index (χ0v) is 11.6. The number of halogens is 1. The van der Waals surface area contributed by atoms with Crippen molar-refractivity contribution in [3.8, 4) is 0 Å². The van der Waals surface area contributed by atoms with Crippen molar-refractivity contribution in [3.63, 3.8) is 0 Å². The van der Waals surface area contributed by atoms with Crippen molar-refractivity contribution in [2.75, 3.05) is 19.7 Å². The fraction of sp³-hybridized carbons (Fsp3) is 0.700. The smallest absolute Gasteiger partial charge is 0.320 e. The number of aromatic nitrogens is 2. The van der Waals surface area contributed by atoms with E-state index in [1.807, 2.05) is 4.90 Å². The minimum Gasteiger partial charge on any atom is -0.465 e. The summed E-state index contributed by atoms with van der Waals surface area (Å²) < 4.78 is 5.35. The molecule has 0 unspecified atom stereocenters. The molecule has 0 spiro atoms. The molecule has 0 amide bonds. The zero-order valence-electron chi connectivity index (χ0n) is 9.98. The van der Waals surface area contributed by atoms with Crippen LogP contribution in [0.1, 0.15) is 25.3 Å². The maximum absolute atomic E-state index is 11.4. The van der Waals surface area contributed by atoms with Crippen LogP contribution in [0.5, 0.6) is 0 Å². The number of rotatable bonds is 7. The summed E-state index contributed by atoms with van der Waals surface area (Å²) in [6, 6.07) is 0. The second kappa shape index (κ2) is 7.58. The average Bonchev–Trinajstić information content (AvgIpc) is 2.64. The first kappa shape index (κ1) is 14.3. The molecule has 0 radical (unpaired) electrons. The topological polar surface area (TPSA) is 55.3 Å². The van der Waals surface area contributed by atoms with Crippen molar-refractivity contribution in [1.29, 1.82) is 0 Å². The third-order valence-corrected chi connectivity index (χ3v) is 3.00. The number of esters is 1. The Bertz CT molecular complexity index is 359. The quantitative estimate of drug-likeness (QED) is 0.713. The predicted molar refractivity (Wildman–Crippen MR) is 67.1 cm³/mol. The number of hydrogen-bond donors (Lipinski definition) is 0. The van der Waals surface area contributed by atoms with Crippen molar-refractivity contribution in [1.82, 2.24) is 15.1 Å². The van der Waals surface area contributed by atoms with Gasteiger partial charge in [0.25, 0.3) is 0 Å². The van der Waals surface area contributed by atoms with Crippen molar-refractivity contribution in [2.24, 2.45) is 0 Å². The number of nitrogens with zero attached hydrogens (tertiary/aromatic N) is 3. The molecule has 5 nitrogen and oxygen atoms in total. The van der Waals surface area contributed by atoms with Gasteiger partial charge in [-0.25, -0.2) is 0 Å². The van der Waals surface area contributed by atoms with Gasteiger partial charge >= 0.3 is 5.97 Å². The van der Waals surface area contributed by atoms with Crippen LogP contribution in [0, 0.1) is 0 Å². The Kier molecular flexibility index (Phi) is 6.39. The molecule has 0 aliphatic carbocycles. The van der Waals surface area contributed by atoms with E-state index in [0.717, 1.165) is 18.0 Å². The van der Waals surface area contributed by atoms with E-state index in [0.29, 0.717) is 17.6 Å². The van der Waals surface area contributed by atoms with Gasteiger partial charge in [-0.15, -0.1) is 10.2 Å². The van der Waals surface area contributed by atoms with Crippen LogP contribution in [0.4, 0.5) is 0 Å². The Labute approximate surface area is 110 Å². The second-order valence-corrected chi connectivity index (χ2v) is 5.11. The molecule has 7 heteroatoms. The summed E-state index contributed by atoms with van der Waals surface area (Å²) in [4.78, 5) is 13.4. The number of hydrogen-bond acceptors (Lipinski definition) is 6. The van der Waals surface area contributed by atoms with Gasteiger partial charge in [-0.3, -0.25) is 9.69 Å². The Morgan fingerprint density at radius 3 is 2.76 bits per heavy atom. The van der Waals surface area contributed by atoms with Gasteiger partial charge in [-0.2, -0.15) is 0 Å². The van der Waals surface area contributed by atoms with Crippen molar-refractivity contribution < 1.29 is 9.53 Å². The fourth-order valence-electron chi connectivity index (χ4n) is 1.41. The lowest BCUT2D eigenvalue weighted by Crippen LogP contribution is -2.31. The van der Waals surface area contributed by atoms with E-state index in [9.17, 15) is 4.79 Å². The Morgan fingerprint density at radius 1 is 1.47 bits per heavy atom. The predicted octanol–water partition coefficient (Wildman–Crippen LogP) is 1.97. The summed E-state index contributed by atoms with van der Waals surface area (Å²) in [7, 11) is 0. The van der Waals surface area contributed by atoms with Crippen LogP contribution in [0.15, 0.2) is 0 Å². The molecule has 0 fully saturated rings. The summed E-state index contributed by atoms with van der Waals surface area (Å²) in [6.07, 6.45) is 0.964. The normalized spacial score (nSPS) is 10.8. The molecule has 0 N–H and O–H groups in total. The van der Waals surface area contributed by atoms with Crippen LogP contribution in [-0.2, 0) is 16.1 Å². The zero-order chi connectivity index (χ0) is 12.7. The SMILES string of the molecule is CCCN(CC(=O)OCC)Cc1nnc(Cl)s1. The van der Waals surface area contributed by atoms with Crippen molar-refractivity contribution in [2.45, 2.75) is 26.8 Å². The molecule has 1 rings (SSSR count). The molecule has 0 aromatic carbocycles. The van der Waals surface area contributed by atoms with E-state index < -0.39 is 0 Å². The van der Waals surface area contributed by atoms with Crippen LogP contribution in [0.25, 0.3) is 0 Å². The Balaban J connectivity index is 2.50. The standard InChI is InChI=1S/C10H16ClN3O2S/c1-3-5-14(7-9(15)16-4-2)6-8-12-13-10(11)17-8/h3-7H2,1-2H3. The molecule has 1 aromatic heterocycles. The van der Waals surface area contributed by atoms with Gasteiger partial charge in [0.2, 0.25) is 4.47 Å².